The molecule has 0 bridgehead atoms. The van der Waals surface area contributed by atoms with Gasteiger partial charge in [-0.1, -0.05) is 146 Å². The van der Waals surface area contributed by atoms with Crippen LogP contribution < -0.4 is 9.64 Å². The summed E-state index contributed by atoms with van der Waals surface area (Å²) < 4.78 is 15.4. The number of hydrogen-bond donors (Lipinski definition) is 0. The average Bonchev–Trinajstić information content (AvgIpc) is 3.88. The van der Waals surface area contributed by atoms with Gasteiger partial charge in [0.15, 0.2) is 0 Å². The van der Waals surface area contributed by atoms with E-state index in [0.29, 0.717) is 0 Å². The van der Waals surface area contributed by atoms with E-state index < -0.39 is 5.41 Å². The summed E-state index contributed by atoms with van der Waals surface area (Å²) >= 11 is 0. The lowest BCUT2D eigenvalue weighted by molar-refractivity contribution is 0.435. The van der Waals surface area contributed by atoms with Gasteiger partial charge in [0, 0.05) is 55.1 Å². The van der Waals surface area contributed by atoms with Crippen LogP contribution >= 0.6 is 0 Å². The van der Waals surface area contributed by atoms with Crippen molar-refractivity contribution in [3.63, 3.8) is 0 Å². The molecule has 0 unspecified atom stereocenters. The van der Waals surface area contributed by atoms with Crippen LogP contribution in [0.1, 0.15) is 22.3 Å². The second-order valence-electron chi connectivity index (χ2n) is 16.8. The molecule has 12 aromatic rings. The molecule has 294 valence electrons. The summed E-state index contributed by atoms with van der Waals surface area (Å²) in [5.74, 6) is 1.77. The second-order valence-corrected chi connectivity index (χ2v) is 16.8. The number of rotatable bonds is 4. The topological polar surface area (TPSA) is 30.5 Å². The van der Waals surface area contributed by atoms with Crippen molar-refractivity contribution in [3.05, 3.63) is 241 Å². The van der Waals surface area contributed by atoms with Gasteiger partial charge >= 0.3 is 0 Å². The maximum Gasteiger partial charge on any atom is 0.135 e. The molecule has 14 rings (SSSR count). The minimum atomic E-state index is -0.605. The average molecular weight is 805 g/mol. The van der Waals surface area contributed by atoms with Crippen LogP contribution in [-0.4, -0.2) is 4.57 Å². The Balaban J connectivity index is 1.05. The molecule has 0 radical (unpaired) electrons. The van der Waals surface area contributed by atoms with Crippen molar-refractivity contribution in [1.82, 2.24) is 4.57 Å². The van der Waals surface area contributed by atoms with Crippen LogP contribution in [0.2, 0.25) is 0 Å². The summed E-state index contributed by atoms with van der Waals surface area (Å²) in [6.07, 6.45) is 0. The van der Waals surface area contributed by atoms with Crippen LogP contribution in [0.15, 0.2) is 223 Å². The van der Waals surface area contributed by atoms with Crippen LogP contribution in [0.3, 0.4) is 0 Å². The Bertz CT molecular complexity index is 3810. The van der Waals surface area contributed by atoms with Crippen molar-refractivity contribution in [2.75, 3.05) is 4.90 Å². The highest BCUT2D eigenvalue weighted by molar-refractivity contribution is 6.14. The van der Waals surface area contributed by atoms with Crippen molar-refractivity contribution in [1.29, 1.82) is 0 Å². The SMILES string of the molecule is c1ccc(N(c2ccc3c4ccccc4n(-c4ccc5oc6ccccc6c5c4)c3c2)c2ccc3c4c(cccc24)C2(c4ccccc4Oc4ccccc42)c2ccccc2-3)cc1. The second kappa shape index (κ2) is 12.8. The van der Waals surface area contributed by atoms with Crippen LogP contribution in [0.25, 0.3) is 71.3 Å². The smallest absolute Gasteiger partial charge is 0.135 e. The third-order valence-electron chi connectivity index (χ3n) is 13.6. The number of furan rings is 1. The number of ether oxygens (including phenoxy) is 1. The number of hydrogen-bond acceptors (Lipinski definition) is 3. The van der Waals surface area contributed by atoms with Gasteiger partial charge in [-0.05, 0) is 100 Å². The van der Waals surface area contributed by atoms with Gasteiger partial charge in [-0.3, -0.25) is 0 Å². The Morgan fingerprint density at radius 1 is 0.381 bits per heavy atom. The fraction of sp³-hybridized carbons (Fsp3) is 0.0169. The molecule has 63 heavy (non-hydrogen) atoms. The molecule has 3 heterocycles. The van der Waals surface area contributed by atoms with Crippen molar-refractivity contribution < 1.29 is 9.15 Å². The first-order valence-electron chi connectivity index (χ1n) is 21.6. The lowest BCUT2D eigenvalue weighted by Crippen LogP contribution is -2.36. The fourth-order valence-electron chi connectivity index (χ4n) is 11.1. The lowest BCUT2D eigenvalue weighted by Gasteiger charge is -2.45. The highest BCUT2D eigenvalue weighted by Crippen LogP contribution is 2.62. The zero-order valence-electron chi connectivity index (χ0n) is 34.0. The van der Waals surface area contributed by atoms with Crippen molar-refractivity contribution in [2.24, 2.45) is 0 Å². The third-order valence-corrected chi connectivity index (χ3v) is 13.6. The summed E-state index contributed by atoms with van der Waals surface area (Å²) in [5, 5.41) is 7.07. The summed E-state index contributed by atoms with van der Waals surface area (Å²) in [7, 11) is 0. The van der Waals surface area contributed by atoms with Gasteiger partial charge in [0.05, 0.1) is 22.1 Å². The number of anilines is 3. The Kier molecular flexibility index (Phi) is 7.01. The molecule has 0 saturated carbocycles. The van der Waals surface area contributed by atoms with E-state index in [9.17, 15) is 0 Å². The third kappa shape index (κ3) is 4.64. The Hall–Kier alpha value is -8.34. The molecule has 4 nitrogen and oxygen atoms in total. The van der Waals surface area contributed by atoms with E-state index in [-0.39, 0.29) is 0 Å². The molecule has 1 aliphatic carbocycles. The van der Waals surface area contributed by atoms with Gasteiger partial charge in [0.1, 0.15) is 22.7 Å². The number of aromatic nitrogens is 1. The first-order valence-corrected chi connectivity index (χ1v) is 21.6. The molecule has 0 saturated heterocycles. The molecule has 0 amide bonds. The molecule has 4 heteroatoms. The Labute approximate surface area is 363 Å². The Morgan fingerprint density at radius 3 is 1.87 bits per heavy atom. The first-order chi connectivity index (χ1) is 31.3. The lowest BCUT2D eigenvalue weighted by atomic mass is 9.58. The zero-order valence-corrected chi connectivity index (χ0v) is 34.0. The standard InChI is InChI=1S/C59H36N2O2/c1-2-15-37(16-3-1)60(39-29-31-42-41-18-5-10-25-51(41)61(53(42)36-39)38-30-34-55-46(35-38)43-19-6-11-26-54(43)62-55)52-33-32-44-40-17-4-7-21-47(40)59(50-24-14-20-45(52)58(44)50)48-22-8-12-27-56(48)63-57-28-13-9-23-49(57)59/h1-36H. The van der Waals surface area contributed by atoms with Gasteiger partial charge in [-0.25, -0.2) is 0 Å². The number of benzene rings is 10. The van der Waals surface area contributed by atoms with Gasteiger partial charge < -0.3 is 18.6 Å². The van der Waals surface area contributed by atoms with Gasteiger partial charge in [-0.15, -0.1) is 0 Å². The maximum absolute atomic E-state index is 6.70. The number of para-hydroxylation sites is 5. The predicted octanol–water partition coefficient (Wildman–Crippen LogP) is 15.8. The molecule has 1 aliphatic heterocycles. The zero-order chi connectivity index (χ0) is 41.2. The van der Waals surface area contributed by atoms with Crippen LogP contribution in [-0.2, 0) is 5.41 Å². The van der Waals surface area contributed by atoms with Crippen LogP contribution in [0.4, 0.5) is 17.1 Å². The van der Waals surface area contributed by atoms with Crippen LogP contribution in [0.5, 0.6) is 11.5 Å². The molecule has 10 aromatic carbocycles. The van der Waals surface area contributed by atoms with E-state index in [2.05, 4.69) is 216 Å². The van der Waals surface area contributed by atoms with E-state index in [1.165, 1.54) is 43.8 Å². The van der Waals surface area contributed by atoms with Gasteiger partial charge in [0.25, 0.3) is 0 Å². The molecule has 0 N–H and O–H groups in total. The molecule has 0 fully saturated rings. The van der Waals surface area contributed by atoms with E-state index in [4.69, 9.17) is 9.15 Å². The van der Waals surface area contributed by atoms with Gasteiger partial charge in [-0.2, -0.15) is 0 Å². The van der Waals surface area contributed by atoms with Crippen molar-refractivity contribution in [2.45, 2.75) is 5.41 Å². The molecule has 0 atom stereocenters. The highest BCUT2D eigenvalue weighted by Gasteiger charge is 2.49. The Morgan fingerprint density at radius 2 is 1.03 bits per heavy atom. The summed E-state index contributed by atoms with van der Waals surface area (Å²) in [6.45, 7) is 0. The minimum Gasteiger partial charge on any atom is -0.457 e. The monoisotopic (exact) mass is 804 g/mol. The number of fused-ring (bicyclic) bond motifs is 14. The minimum absolute atomic E-state index is 0.605. The van der Waals surface area contributed by atoms with E-state index in [0.717, 1.165) is 78.3 Å². The highest BCUT2D eigenvalue weighted by atomic mass is 16.5. The van der Waals surface area contributed by atoms with E-state index in [1.54, 1.807) is 0 Å². The van der Waals surface area contributed by atoms with Crippen molar-refractivity contribution in [3.8, 4) is 28.3 Å². The molecule has 2 aliphatic rings. The molecular formula is C59H36N2O2. The maximum atomic E-state index is 6.70. The predicted molar refractivity (Wildman–Crippen MR) is 258 cm³/mol. The van der Waals surface area contributed by atoms with Gasteiger partial charge in [0.2, 0.25) is 0 Å². The first kappa shape index (κ1) is 34.4. The largest absolute Gasteiger partial charge is 0.457 e. The summed E-state index contributed by atoms with van der Waals surface area (Å²) in [5.41, 5.74) is 15.1. The van der Waals surface area contributed by atoms with E-state index >= 15 is 0 Å². The normalized spacial score (nSPS) is 13.3. The fourth-order valence-corrected chi connectivity index (χ4v) is 11.1. The quantitative estimate of drug-likeness (QED) is 0.178. The molecule has 1 spiro atoms. The summed E-state index contributed by atoms with van der Waals surface area (Å²) in [6, 6.07) is 79.1. The molecular weight excluding hydrogens is 769 g/mol. The summed E-state index contributed by atoms with van der Waals surface area (Å²) in [4.78, 5) is 2.44. The number of nitrogens with zero attached hydrogens (tertiary/aromatic N) is 2. The van der Waals surface area contributed by atoms with E-state index in [1.807, 2.05) is 12.1 Å². The molecule has 2 aromatic heterocycles. The van der Waals surface area contributed by atoms with Crippen molar-refractivity contribution >= 4 is 71.6 Å². The van der Waals surface area contributed by atoms with Crippen LogP contribution in [0, 0.1) is 0 Å².